The zero-order chi connectivity index (χ0) is 19.2. The van der Waals surface area contributed by atoms with Crippen LogP contribution in [0.15, 0.2) is 17.4 Å². The Kier molecular flexibility index (Phi) is 6.31. The van der Waals surface area contributed by atoms with E-state index in [1.54, 1.807) is 22.8 Å². The highest BCUT2D eigenvalue weighted by molar-refractivity contribution is 5.98. The van der Waals surface area contributed by atoms with E-state index in [0.717, 1.165) is 18.5 Å². The van der Waals surface area contributed by atoms with Gasteiger partial charge in [-0.1, -0.05) is 19.3 Å². The van der Waals surface area contributed by atoms with Crippen molar-refractivity contribution in [2.24, 2.45) is 12.0 Å². The van der Waals surface area contributed by atoms with Crippen molar-refractivity contribution in [2.45, 2.75) is 38.1 Å². The molecule has 0 atom stereocenters. The number of guanidine groups is 1. The molecule has 2 aliphatic rings. The molecular weight excluding hydrogens is 346 g/mol. The zero-order valence-corrected chi connectivity index (χ0v) is 16.1. The lowest BCUT2D eigenvalue weighted by atomic mass is 9.95. The molecule has 1 saturated heterocycles. The third-order valence-electron chi connectivity index (χ3n) is 5.11. The van der Waals surface area contributed by atoms with Crippen LogP contribution in [0, 0.1) is 0 Å². The van der Waals surface area contributed by atoms with Gasteiger partial charge in [-0.3, -0.25) is 19.3 Å². The van der Waals surface area contributed by atoms with E-state index < -0.39 is 0 Å². The van der Waals surface area contributed by atoms with Gasteiger partial charge in [0.25, 0.3) is 0 Å². The predicted octanol–water partition coefficient (Wildman–Crippen LogP) is 0.0930. The average Bonchev–Trinajstić information content (AvgIpc) is 3.09. The Morgan fingerprint density at radius 2 is 2.07 bits per heavy atom. The number of carbonyl (C=O) groups excluding carboxylic acids is 2. The summed E-state index contributed by atoms with van der Waals surface area (Å²) in [4.78, 5) is 32.5. The first-order valence-electron chi connectivity index (χ1n) is 9.61. The summed E-state index contributed by atoms with van der Waals surface area (Å²) in [5, 5.41) is 10.3. The second-order valence-electron chi connectivity index (χ2n) is 7.14. The molecule has 1 saturated carbocycles. The average molecular weight is 375 g/mol. The summed E-state index contributed by atoms with van der Waals surface area (Å²) in [6.07, 6.45) is 9.27. The standard InChI is InChI=1S/C18H29N7O2/c1-19-18(20-11-16(26)22-14-6-4-3-5-7-14)24-8-9-25(17(27)13-24)15-10-21-23(2)12-15/h10,12,14H,3-9,11,13H2,1-2H3,(H,19,20)(H,22,26). The highest BCUT2D eigenvalue weighted by Crippen LogP contribution is 2.17. The minimum atomic E-state index is -0.0247. The van der Waals surface area contributed by atoms with E-state index in [9.17, 15) is 9.59 Å². The van der Waals surface area contributed by atoms with Gasteiger partial charge in [0, 0.05) is 39.4 Å². The second kappa shape index (κ2) is 8.88. The molecule has 0 radical (unpaired) electrons. The normalized spacial score (nSPS) is 19.3. The van der Waals surface area contributed by atoms with Crippen molar-refractivity contribution < 1.29 is 9.59 Å². The molecule has 0 spiro atoms. The number of nitrogens with one attached hydrogen (secondary N) is 2. The van der Waals surface area contributed by atoms with Crippen molar-refractivity contribution in [1.82, 2.24) is 25.3 Å². The number of hydrogen-bond donors (Lipinski definition) is 2. The monoisotopic (exact) mass is 375 g/mol. The maximum atomic E-state index is 12.5. The minimum Gasteiger partial charge on any atom is -0.352 e. The van der Waals surface area contributed by atoms with E-state index in [-0.39, 0.29) is 24.9 Å². The number of nitrogens with zero attached hydrogens (tertiary/aromatic N) is 5. The van der Waals surface area contributed by atoms with Crippen LogP contribution in [0.2, 0.25) is 0 Å². The van der Waals surface area contributed by atoms with Gasteiger partial charge < -0.3 is 20.4 Å². The number of aromatic nitrogens is 2. The molecule has 1 aromatic rings. The molecule has 9 nitrogen and oxygen atoms in total. The Balaban J connectivity index is 1.48. The fourth-order valence-corrected chi connectivity index (χ4v) is 3.69. The van der Waals surface area contributed by atoms with Gasteiger partial charge in [-0.2, -0.15) is 5.10 Å². The Bertz CT molecular complexity index is 694. The third kappa shape index (κ3) is 4.99. The van der Waals surface area contributed by atoms with Gasteiger partial charge in [-0.15, -0.1) is 0 Å². The summed E-state index contributed by atoms with van der Waals surface area (Å²) in [5.74, 6) is 0.542. The topological polar surface area (TPSA) is 94.9 Å². The fourth-order valence-electron chi connectivity index (χ4n) is 3.69. The van der Waals surface area contributed by atoms with Crippen LogP contribution in [0.1, 0.15) is 32.1 Å². The Morgan fingerprint density at radius 3 is 2.70 bits per heavy atom. The van der Waals surface area contributed by atoms with Crippen molar-refractivity contribution >= 4 is 23.5 Å². The molecule has 0 unspecified atom stereocenters. The van der Waals surface area contributed by atoms with Crippen LogP contribution < -0.4 is 15.5 Å². The molecule has 148 valence electrons. The molecule has 2 amide bonds. The minimum absolute atomic E-state index is 0.0103. The lowest BCUT2D eigenvalue weighted by Crippen LogP contribution is -2.56. The van der Waals surface area contributed by atoms with E-state index >= 15 is 0 Å². The highest BCUT2D eigenvalue weighted by atomic mass is 16.2. The summed E-state index contributed by atoms with van der Waals surface area (Å²) >= 11 is 0. The summed E-state index contributed by atoms with van der Waals surface area (Å²) in [6, 6.07) is 0.291. The van der Waals surface area contributed by atoms with Crippen molar-refractivity contribution in [1.29, 1.82) is 0 Å². The van der Waals surface area contributed by atoms with Gasteiger partial charge in [0.15, 0.2) is 5.96 Å². The molecule has 1 aliphatic carbocycles. The first kappa shape index (κ1) is 19.2. The number of hydrogen-bond acceptors (Lipinski definition) is 4. The van der Waals surface area contributed by atoms with E-state index in [4.69, 9.17) is 0 Å². The summed E-state index contributed by atoms with van der Waals surface area (Å²) < 4.78 is 1.68. The molecule has 2 N–H and O–H groups in total. The molecule has 3 rings (SSSR count). The lowest BCUT2D eigenvalue weighted by Gasteiger charge is -2.35. The van der Waals surface area contributed by atoms with E-state index in [1.165, 1.54) is 19.3 Å². The van der Waals surface area contributed by atoms with Crippen LogP contribution >= 0.6 is 0 Å². The Hall–Kier alpha value is -2.58. The second-order valence-corrected chi connectivity index (χ2v) is 7.14. The maximum absolute atomic E-state index is 12.5. The van der Waals surface area contributed by atoms with Gasteiger partial charge in [0.1, 0.15) is 6.54 Å². The Morgan fingerprint density at radius 1 is 1.30 bits per heavy atom. The fraction of sp³-hybridized carbons (Fsp3) is 0.667. The van der Waals surface area contributed by atoms with E-state index in [0.29, 0.717) is 25.1 Å². The van der Waals surface area contributed by atoms with Crippen LogP contribution in [0.25, 0.3) is 0 Å². The number of rotatable bonds is 4. The van der Waals surface area contributed by atoms with E-state index in [2.05, 4.69) is 20.7 Å². The number of carbonyl (C=O) groups is 2. The zero-order valence-electron chi connectivity index (χ0n) is 16.1. The largest absolute Gasteiger partial charge is 0.352 e. The van der Waals surface area contributed by atoms with Crippen LogP contribution in [0.5, 0.6) is 0 Å². The predicted molar refractivity (Wildman–Crippen MR) is 104 cm³/mol. The number of amides is 2. The summed E-state index contributed by atoms with van der Waals surface area (Å²) in [5.41, 5.74) is 0.803. The van der Waals surface area contributed by atoms with Crippen LogP contribution in [-0.2, 0) is 16.6 Å². The number of aliphatic imine (C=N–C) groups is 1. The number of aryl methyl sites for hydroxylation is 1. The molecule has 9 heteroatoms. The first-order chi connectivity index (χ1) is 13.1. The van der Waals surface area contributed by atoms with Gasteiger partial charge in [0.05, 0.1) is 18.4 Å². The summed E-state index contributed by atoms with van der Waals surface area (Å²) in [7, 11) is 3.49. The molecule has 2 fully saturated rings. The molecule has 2 heterocycles. The maximum Gasteiger partial charge on any atom is 0.246 e. The highest BCUT2D eigenvalue weighted by Gasteiger charge is 2.28. The van der Waals surface area contributed by atoms with Crippen LogP contribution in [-0.4, -0.2) is 71.7 Å². The molecule has 27 heavy (non-hydrogen) atoms. The molecule has 1 aliphatic heterocycles. The third-order valence-corrected chi connectivity index (χ3v) is 5.11. The molecular formula is C18H29N7O2. The van der Waals surface area contributed by atoms with Crippen molar-refractivity contribution in [3.63, 3.8) is 0 Å². The van der Waals surface area contributed by atoms with Crippen molar-refractivity contribution in [3.05, 3.63) is 12.4 Å². The quantitative estimate of drug-likeness (QED) is 0.575. The SMILES string of the molecule is CN=C(NCC(=O)NC1CCCCC1)N1CCN(c2cnn(C)c2)C(=O)C1. The lowest BCUT2D eigenvalue weighted by molar-refractivity contribution is -0.121. The van der Waals surface area contributed by atoms with Gasteiger partial charge in [-0.25, -0.2) is 0 Å². The first-order valence-corrected chi connectivity index (χ1v) is 9.61. The number of piperazine rings is 1. The van der Waals surface area contributed by atoms with Crippen LogP contribution in [0.3, 0.4) is 0 Å². The Labute approximate surface area is 159 Å². The molecule has 0 bridgehead atoms. The van der Waals surface area contributed by atoms with Gasteiger partial charge in [-0.05, 0) is 12.8 Å². The van der Waals surface area contributed by atoms with Gasteiger partial charge in [0.2, 0.25) is 11.8 Å². The van der Waals surface area contributed by atoms with Gasteiger partial charge >= 0.3 is 0 Å². The van der Waals surface area contributed by atoms with Crippen LogP contribution in [0.4, 0.5) is 5.69 Å². The van der Waals surface area contributed by atoms with Crippen molar-refractivity contribution in [3.8, 4) is 0 Å². The molecule has 0 aromatic carbocycles. The summed E-state index contributed by atoms with van der Waals surface area (Å²) in [6.45, 7) is 1.59. The molecule has 1 aromatic heterocycles. The smallest absolute Gasteiger partial charge is 0.246 e. The van der Waals surface area contributed by atoms with Crippen molar-refractivity contribution in [2.75, 3.05) is 38.1 Å². The van der Waals surface area contributed by atoms with E-state index in [1.807, 2.05) is 18.1 Å². The number of anilines is 1.